The zero-order valence-corrected chi connectivity index (χ0v) is 23.7. The summed E-state index contributed by atoms with van der Waals surface area (Å²) in [4.78, 5) is 40.1. The van der Waals surface area contributed by atoms with Crippen molar-refractivity contribution in [2.45, 2.75) is 12.5 Å². The number of nitrogens with one attached hydrogen (secondary N) is 1. The van der Waals surface area contributed by atoms with Crippen LogP contribution in [-0.2, 0) is 16.0 Å². The number of nitrogens with zero attached hydrogens (tertiary/aromatic N) is 1. The van der Waals surface area contributed by atoms with E-state index in [0.717, 1.165) is 0 Å². The molecule has 0 unspecified atom stereocenters. The van der Waals surface area contributed by atoms with Gasteiger partial charge in [0.25, 0.3) is 0 Å². The second kappa shape index (κ2) is 12.8. The molecule has 2 amide bonds. The maximum atomic E-state index is 13.5. The maximum Gasteiger partial charge on any atom is 0.326 e. The van der Waals surface area contributed by atoms with Crippen molar-refractivity contribution >= 4 is 76.3 Å². The number of carbonyl (C=O) groups excluding carboxylic acids is 2. The molecule has 0 radical (unpaired) electrons. The van der Waals surface area contributed by atoms with Gasteiger partial charge in [-0.3, -0.25) is 4.79 Å². The summed E-state index contributed by atoms with van der Waals surface area (Å²) >= 11 is 24.3. The highest BCUT2D eigenvalue weighted by Gasteiger charge is 2.31. The van der Waals surface area contributed by atoms with Crippen LogP contribution in [0.1, 0.15) is 16.7 Å². The van der Waals surface area contributed by atoms with E-state index in [9.17, 15) is 24.6 Å². The fourth-order valence-corrected chi connectivity index (χ4v) is 4.71. The van der Waals surface area contributed by atoms with E-state index in [1.165, 1.54) is 17.0 Å². The van der Waals surface area contributed by atoms with Crippen LogP contribution in [0.4, 0.5) is 4.79 Å². The first-order valence-electron chi connectivity index (χ1n) is 11.9. The third kappa shape index (κ3) is 7.37. The molecule has 1 fully saturated rings. The minimum atomic E-state index is -1.25. The van der Waals surface area contributed by atoms with Crippen LogP contribution >= 0.6 is 46.4 Å². The molecule has 0 aliphatic carbocycles. The van der Waals surface area contributed by atoms with E-state index in [2.05, 4.69) is 5.32 Å². The summed E-state index contributed by atoms with van der Waals surface area (Å²) in [5, 5.41) is 23.1. The van der Waals surface area contributed by atoms with E-state index >= 15 is 0 Å². The summed E-state index contributed by atoms with van der Waals surface area (Å²) in [7, 11) is 0. The van der Waals surface area contributed by atoms with Crippen molar-refractivity contribution in [3.63, 3.8) is 0 Å². The van der Waals surface area contributed by atoms with Crippen molar-refractivity contribution in [1.29, 1.82) is 0 Å². The lowest BCUT2D eigenvalue weighted by molar-refractivity contribution is -0.139. The Bertz CT molecular complexity index is 1460. The number of halogens is 4. The van der Waals surface area contributed by atoms with E-state index in [1.54, 1.807) is 60.7 Å². The number of phenols is 1. The average molecular weight is 620 g/mol. The van der Waals surface area contributed by atoms with Crippen molar-refractivity contribution in [2.75, 3.05) is 13.1 Å². The minimum absolute atomic E-state index is 0.00787. The smallest absolute Gasteiger partial charge is 0.326 e. The number of Topliss-reactive ketones (excluding diaryl/α,β-unsaturated/α-hetero) is 1. The first-order chi connectivity index (χ1) is 19.0. The molecule has 0 aromatic heterocycles. The van der Waals surface area contributed by atoms with E-state index in [0.29, 0.717) is 36.8 Å². The molecule has 3 aromatic carbocycles. The molecule has 1 aliphatic heterocycles. The zero-order chi connectivity index (χ0) is 29.0. The monoisotopic (exact) mass is 618 g/mol. The number of aliphatic carboxylic acids is 1. The molecule has 40 heavy (non-hydrogen) atoms. The summed E-state index contributed by atoms with van der Waals surface area (Å²) in [6.45, 7) is -0.148. The van der Waals surface area contributed by atoms with Crippen LogP contribution in [0, 0.1) is 0 Å². The topological polar surface area (TPSA) is 107 Å². The van der Waals surface area contributed by atoms with Crippen molar-refractivity contribution < 1.29 is 24.6 Å². The summed E-state index contributed by atoms with van der Waals surface area (Å²) in [5.41, 5.74) is 2.39. The van der Waals surface area contributed by atoms with E-state index in [4.69, 9.17) is 46.4 Å². The minimum Gasteiger partial charge on any atom is -0.508 e. The Morgan fingerprint density at radius 3 is 1.77 bits per heavy atom. The van der Waals surface area contributed by atoms with Crippen molar-refractivity contribution in [2.24, 2.45) is 0 Å². The van der Waals surface area contributed by atoms with Crippen molar-refractivity contribution in [3.8, 4) is 5.75 Å². The van der Waals surface area contributed by atoms with Gasteiger partial charge in [-0.15, -0.1) is 0 Å². The Balaban J connectivity index is 1.65. The highest BCUT2D eigenvalue weighted by Crippen LogP contribution is 2.28. The van der Waals surface area contributed by atoms with Gasteiger partial charge in [-0.2, -0.15) is 0 Å². The fraction of sp³-hybridized carbons (Fsp3) is 0.138. The summed E-state index contributed by atoms with van der Waals surface area (Å²) in [6.07, 6.45) is 3.21. The number of hydrogen-bond donors (Lipinski definition) is 3. The normalized spacial score (nSPS) is 16.3. The summed E-state index contributed by atoms with van der Waals surface area (Å²) in [5.74, 6) is -1.48. The Labute approximate surface area is 250 Å². The Morgan fingerprint density at radius 2 is 1.32 bits per heavy atom. The second-order valence-corrected chi connectivity index (χ2v) is 10.7. The molecule has 4 rings (SSSR count). The van der Waals surface area contributed by atoms with Gasteiger partial charge in [-0.25, -0.2) is 9.59 Å². The van der Waals surface area contributed by atoms with Gasteiger partial charge in [0.2, 0.25) is 0 Å². The van der Waals surface area contributed by atoms with Gasteiger partial charge in [0.1, 0.15) is 11.8 Å². The number of ketones is 1. The molecule has 0 spiro atoms. The van der Waals surface area contributed by atoms with Crippen LogP contribution in [0.5, 0.6) is 5.75 Å². The van der Waals surface area contributed by atoms with Crippen LogP contribution < -0.4 is 5.32 Å². The highest BCUT2D eigenvalue weighted by atomic mass is 35.5. The van der Waals surface area contributed by atoms with Crippen LogP contribution in [-0.4, -0.2) is 52.0 Å². The van der Waals surface area contributed by atoms with Gasteiger partial charge < -0.3 is 20.4 Å². The molecular weight excluding hydrogens is 598 g/mol. The van der Waals surface area contributed by atoms with Crippen LogP contribution in [0.3, 0.4) is 0 Å². The van der Waals surface area contributed by atoms with E-state index < -0.39 is 18.0 Å². The number of likely N-dealkylation sites (tertiary alicyclic amines) is 1. The SMILES string of the molecule is O=C1/C(=C/c2ccc(Cl)c(Cl)c2)CN(C(=O)N[C@@H](Cc2ccc(O)cc2)C(=O)O)C/C1=C\c1ccc(Cl)c(Cl)c1. The predicted octanol–water partition coefficient (Wildman–Crippen LogP) is 6.76. The molecule has 1 aliphatic rings. The molecule has 3 N–H and O–H groups in total. The third-order valence-corrected chi connectivity index (χ3v) is 7.61. The number of rotatable bonds is 6. The number of carboxylic acid groups (broad SMARTS) is 1. The quantitative estimate of drug-likeness (QED) is 0.264. The predicted molar refractivity (Wildman–Crippen MR) is 157 cm³/mol. The Morgan fingerprint density at radius 1 is 0.825 bits per heavy atom. The third-order valence-electron chi connectivity index (χ3n) is 6.13. The molecule has 1 saturated heterocycles. The molecule has 7 nitrogen and oxygen atoms in total. The number of piperidine rings is 1. The highest BCUT2D eigenvalue weighted by molar-refractivity contribution is 6.42. The van der Waals surface area contributed by atoms with Gasteiger partial charge in [0.05, 0.1) is 33.2 Å². The number of amides is 2. The first-order valence-corrected chi connectivity index (χ1v) is 13.4. The van der Waals surface area contributed by atoms with Crippen LogP contribution in [0.15, 0.2) is 71.8 Å². The lowest BCUT2D eigenvalue weighted by Gasteiger charge is -2.31. The largest absolute Gasteiger partial charge is 0.508 e. The number of hydrogen-bond acceptors (Lipinski definition) is 4. The van der Waals surface area contributed by atoms with Gasteiger partial charge in [0.15, 0.2) is 5.78 Å². The molecule has 11 heteroatoms. The molecule has 206 valence electrons. The Kier molecular flexibility index (Phi) is 9.43. The fourth-order valence-electron chi connectivity index (χ4n) is 4.10. The van der Waals surface area contributed by atoms with Gasteiger partial charge in [0, 0.05) is 17.6 Å². The van der Waals surface area contributed by atoms with E-state index in [1.807, 2.05) is 0 Å². The van der Waals surface area contributed by atoms with Crippen LogP contribution in [0.2, 0.25) is 20.1 Å². The lowest BCUT2D eigenvalue weighted by atomic mass is 9.94. The second-order valence-electron chi connectivity index (χ2n) is 9.08. The molecular formula is C29H22Cl4N2O5. The average Bonchev–Trinajstić information content (AvgIpc) is 2.91. The van der Waals surface area contributed by atoms with Gasteiger partial charge in [-0.05, 0) is 65.2 Å². The number of phenolic OH excluding ortho intramolecular Hbond substituents is 1. The molecule has 0 saturated carbocycles. The number of carboxylic acids is 1. The van der Waals surface area contributed by atoms with Crippen molar-refractivity contribution in [1.82, 2.24) is 10.2 Å². The standard InChI is InChI=1S/C29H22Cl4N2O5/c30-22-7-3-17(11-24(22)32)9-19-14-35(15-20(27(19)37)10-18-4-8-23(31)25(33)12-18)29(40)34-26(28(38)39)13-16-1-5-21(36)6-2-16/h1-12,26,36H,13-15H2,(H,34,40)(H,38,39)/b19-9+,20-10+/t26-/m0/s1. The lowest BCUT2D eigenvalue weighted by Crippen LogP contribution is -2.52. The number of urea groups is 1. The first kappa shape index (κ1) is 29.5. The van der Waals surface area contributed by atoms with Gasteiger partial charge >= 0.3 is 12.0 Å². The van der Waals surface area contributed by atoms with E-state index in [-0.39, 0.29) is 42.2 Å². The molecule has 3 aromatic rings. The Hall–Kier alpha value is -3.49. The maximum absolute atomic E-state index is 13.5. The number of aromatic hydroxyl groups is 1. The number of benzene rings is 3. The number of carbonyl (C=O) groups is 3. The van der Waals surface area contributed by atoms with Crippen LogP contribution in [0.25, 0.3) is 12.2 Å². The van der Waals surface area contributed by atoms with Gasteiger partial charge in [-0.1, -0.05) is 70.7 Å². The zero-order valence-electron chi connectivity index (χ0n) is 20.7. The summed E-state index contributed by atoms with van der Waals surface area (Å²) in [6, 6.07) is 13.9. The molecule has 1 atom stereocenters. The molecule has 0 bridgehead atoms. The summed E-state index contributed by atoms with van der Waals surface area (Å²) < 4.78 is 0. The molecule has 1 heterocycles. The van der Waals surface area contributed by atoms with Crippen molar-refractivity contribution in [3.05, 3.63) is 109 Å².